The number of aromatic nitrogens is 2. The summed E-state index contributed by atoms with van der Waals surface area (Å²) < 4.78 is 1.10. The second kappa shape index (κ2) is 6.33. The Balaban J connectivity index is 1.71. The first-order valence-electron chi connectivity index (χ1n) is 6.92. The summed E-state index contributed by atoms with van der Waals surface area (Å²) in [7, 11) is 0. The zero-order valence-electron chi connectivity index (χ0n) is 11.8. The number of halogens is 1. The summed E-state index contributed by atoms with van der Waals surface area (Å²) in [5, 5.41) is 3.48. The van der Waals surface area contributed by atoms with Crippen molar-refractivity contribution >= 4 is 27.0 Å². The van der Waals surface area contributed by atoms with Crippen LogP contribution in [-0.2, 0) is 6.54 Å². The van der Waals surface area contributed by atoms with Crippen LogP contribution in [0.5, 0.6) is 0 Å². The molecule has 0 fully saturated rings. The Labute approximate surface area is 132 Å². The summed E-state index contributed by atoms with van der Waals surface area (Å²) in [4.78, 5) is 9.06. The Morgan fingerprint density at radius 2 is 1.90 bits per heavy atom. The molecule has 3 aromatic rings. The van der Waals surface area contributed by atoms with E-state index >= 15 is 0 Å². The molecule has 0 saturated carbocycles. The van der Waals surface area contributed by atoms with Gasteiger partial charge in [-0.1, -0.05) is 40.2 Å². The van der Waals surface area contributed by atoms with Crippen LogP contribution in [-0.4, -0.2) is 9.97 Å². The molecular weight excluding hydrogens is 326 g/mol. The fraction of sp³-hybridized carbons (Fsp3) is 0.176. The van der Waals surface area contributed by atoms with Crippen LogP contribution in [0.4, 0.5) is 0 Å². The minimum atomic E-state index is 0.260. The molecule has 0 saturated heterocycles. The van der Waals surface area contributed by atoms with Gasteiger partial charge in [-0.2, -0.15) is 0 Å². The number of hydrogen-bond acceptors (Lipinski definition) is 3. The van der Waals surface area contributed by atoms with Crippen molar-refractivity contribution in [2.45, 2.75) is 19.5 Å². The molecule has 1 aromatic heterocycles. The third-order valence-corrected chi connectivity index (χ3v) is 3.93. The highest BCUT2D eigenvalue weighted by molar-refractivity contribution is 9.10. The maximum absolute atomic E-state index is 4.62. The van der Waals surface area contributed by atoms with Crippen molar-refractivity contribution < 1.29 is 0 Å². The molecule has 0 spiro atoms. The largest absolute Gasteiger partial charge is 0.305 e. The standard InChI is InChI=1S/C17H16BrN3/c1-12(13-5-4-6-14(18)9-13)19-10-15-11-20-16-7-2-3-8-17(16)21-15/h2-9,11-12,19H,10H2,1H3/t12-/m0/s1. The molecule has 21 heavy (non-hydrogen) atoms. The van der Waals surface area contributed by atoms with E-state index in [1.807, 2.05) is 42.6 Å². The van der Waals surface area contributed by atoms with E-state index in [2.05, 4.69) is 50.3 Å². The van der Waals surface area contributed by atoms with Gasteiger partial charge >= 0.3 is 0 Å². The fourth-order valence-electron chi connectivity index (χ4n) is 2.23. The number of para-hydroxylation sites is 2. The number of nitrogens with zero attached hydrogens (tertiary/aromatic N) is 2. The third-order valence-electron chi connectivity index (χ3n) is 3.44. The summed E-state index contributed by atoms with van der Waals surface area (Å²) >= 11 is 3.50. The Hall–Kier alpha value is -1.78. The van der Waals surface area contributed by atoms with Crippen molar-refractivity contribution in [2.24, 2.45) is 0 Å². The van der Waals surface area contributed by atoms with Gasteiger partial charge < -0.3 is 5.32 Å². The van der Waals surface area contributed by atoms with Gasteiger partial charge in [0.15, 0.2) is 0 Å². The van der Waals surface area contributed by atoms with Crippen molar-refractivity contribution in [3.05, 3.63) is 70.5 Å². The van der Waals surface area contributed by atoms with E-state index in [0.29, 0.717) is 6.54 Å². The lowest BCUT2D eigenvalue weighted by Crippen LogP contribution is -2.18. The van der Waals surface area contributed by atoms with E-state index in [1.54, 1.807) is 0 Å². The monoisotopic (exact) mass is 341 g/mol. The van der Waals surface area contributed by atoms with Gasteiger partial charge in [0.1, 0.15) is 0 Å². The minimum absolute atomic E-state index is 0.260. The average molecular weight is 342 g/mol. The predicted octanol–water partition coefficient (Wildman–Crippen LogP) is 4.24. The van der Waals surface area contributed by atoms with Crippen LogP contribution in [0.2, 0.25) is 0 Å². The molecule has 0 unspecified atom stereocenters. The van der Waals surface area contributed by atoms with Gasteiger partial charge in [0.2, 0.25) is 0 Å². The zero-order chi connectivity index (χ0) is 14.7. The van der Waals surface area contributed by atoms with Gasteiger partial charge in [0.25, 0.3) is 0 Å². The van der Waals surface area contributed by atoms with E-state index in [9.17, 15) is 0 Å². The highest BCUT2D eigenvalue weighted by atomic mass is 79.9. The number of benzene rings is 2. The Bertz CT molecular complexity index is 758. The number of fused-ring (bicyclic) bond motifs is 1. The molecule has 1 atom stereocenters. The first-order chi connectivity index (χ1) is 10.2. The van der Waals surface area contributed by atoms with Crippen LogP contribution in [0, 0.1) is 0 Å². The van der Waals surface area contributed by atoms with Crippen LogP contribution in [0.25, 0.3) is 11.0 Å². The number of hydrogen-bond donors (Lipinski definition) is 1. The van der Waals surface area contributed by atoms with Gasteiger partial charge in [-0.3, -0.25) is 4.98 Å². The molecule has 0 aliphatic rings. The SMILES string of the molecule is C[C@H](NCc1cnc2ccccc2n1)c1cccc(Br)c1. The maximum Gasteiger partial charge on any atom is 0.0890 e. The normalized spacial score (nSPS) is 12.5. The van der Waals surface area contributed by atoms with Crippen LogP contribution in [0.1, 0.15) is 24.2 Å². The highest BCUT2D eigenvalue weighted by Crippen LogP contribution is 2.18. The van der Waals surface area contributed by atoms with E-state index in [0.717, 1.165) is 21.2 Å². The Morgan fingerprint density at radius 3 is 2.71 bits per heavy atom. The molecule has 1 heterocycles. The number of nitrogens with one attached hydrogen (secondary N) is 1. The van der Waals surface area contributed by atoms with Gasteiger partial charge in [-0.15, -0.1) is 0 Å². The smallest absolute Gasteiger partial charge is 0.0890 e. The lowest BCUT2D eigenvalue weighted by molar-refractivity contribution is 0.567. The van der Waals surface area contributed by atoms with E-state index in [1.165, 1.54) is 5.56 Å². The minimum Gasteiger partial charge on any atom is -0.305 e. The van der Waals surface area contributed by atoms with Gasteiger partial charge in [0, 0.05) is 17.1 Å². The Kier molecular flexibility index (Phi) is 4.27. The molecule has 0 aliphatic carbocycles. The quantitative estimate of drug-likeness (QED) is 0.771. The van der Waals surface area contributed by atoms with Crippen molar-refractivity contribution in [3.63, 3.8) is 0 Å². The molecule has 106 valence electrons. The molecular formula is C17H16BrN3. The summed E-state index contributed by atoms with van der Waals surface area (Å²) in [6.45, 7) is 2.85. The second-order valence-electron chi connectivity index (χ2n) is 5.01. The van der Waals surface area contributed by atoms with Gasteiger partial charge in [-0.05, 0) is 36.8 Å². The summed E-state index contributed by atoms with van der Waals surface area (Å²) in [5.41, 5.74) is 4.07. The topological polar surface area (TPSA) is 37.8 Å². The van der Waals surface area contributed by atoms with Crippen molar-refractivity contribution in [1.82, 2.24) is 15.3 Å². The number of rotatable bonds is 4. The van der Waals surface area contributed by atoms with Crippen LogP contribution in [0.3, 0.4) is 0 Å². The molecule has 0 bridgehead atoms. The molecule has 0 aliphatic heterocycles. The van der Waals surface area contributed by atoms with Gasteiger partial charge in [0.05, 0.1) is 22.9 Å². The molecule has 0 amide bonds. The van der Waals surface area contributed by atoms with Crippen LogP contribution >= 0.6 is 15.9 Å². The Morgan fingerprint density at radius 1 is 1.10 bits per heavy atom. The highest BCUT2D eigenvalue weighted by Gasteiger charge is 2.06. The molecule has 4 heteroatoms. The first kappa shape index (κ1) is 14.2. The van der Waals surface area contributed by atoms with Crippen LogP contribution in [0.15, 0.2) is 59.2 Å². The van der Waals surface area contributed by atoms with Gasteiger partial charge in [-0.25, -0.2) is 4.98 Å². The molecule has 3 rings (SSSR count). The molecule has 0 radical (unpaired) electrons. The summed E-state index contributed by atoms with van der Waals surface area (Å²) in [6, 6.07) is 16.5. The van der Waals surface area contributed by atoms with E-state index in [4.69, 9.17) is 0 Å². The second-order valence-corrected chi connectivity index (χ2v) is 5.92. The van der Waals surface area contributed by atoms with Crippen molar-refractivity contribution in [3.8, 4) is 0 Å². The molecule has 3 nitrogen and oxygen atoms in total. The molecule has 1 N–H and O–H groups in total. The van der Waals surface area contributed by atoms with E-state index in [-0.39, 0.29) is 6.04 Å². The lowest BCUT2D eigenvalue weighted by Gasteiger charge is -2.14. The van der Waals surface area contributed by atoms with Crippen molar-refractivity contribution in [1.29, 1.82) is 0 Å². The predicted molar refractivity (Wildman–Crippen MR) is 88.9 cm³/mol. The fourth-order valence-corrected chi connectivity index (χ4v) is 2.65. The summed E-state index contributed by atoms with van der Waals surface area (Å²) in [5.74, 6) is 0. The average Bonchev–Trinajstić information content (AvgIpc) is 2.52. The molecule has 2 aromatic carbocycles. The van der Waals surface area contributed by atoms with Crippen molar-refractivity contribution in [2.75, 3.05) is 0 Å². The zero-order valence-corrected chi connectivity index (χ0v) is 13.3. The van der Waals surface area contributed by atoms with E-state index < -0.39 is 0 Å². The maximum atomic E-state index is 4.62. The first-order valence-corrected chi connectivity index (χ1v) is 7.71. The summed E-state index contributed by atoms with van der Waals surface area (Å²) in [6.07, 6.45) is 1.84. The van der Waals surface area contributed by atoms with Crippen LogP contribution < -0.4 is 5.32 Å². The lowest BCUT2D eigenvalue weighted by atomic mass is 10.1. The third kappa shape index (κ3) is 3.46.